The van der Waals surface area contributed by atoms with E-state index in [1.54, 1.807) is 0 Å². The van der Waals surface area contributed by atoms with Crippen molar-refractivity contribution in [1.82, 2.24) is 9.29 Å². The third-order valence-corrected chi connectivity index (χ3v) is 3.93. The monoisotopic (exact) mass is 260 g/mol. The lowest BCUT2D eigenvalue weighted by Crippen LogP contribution is -2.33. The smallest absolute Gasteiger partial charge is 0.243 e. The molecule has 0 amide bonds. The SMILES string of the molecule is CC(O)CN(C)S(=O)(=O)c1ccnc(NN)c1. The molecule has 0 fully saturated rings. The Kier molecular flexibility index (Phi) is 4.40. The lowest BCUT2D eigenvalue weighted by Gasteiger charge is -2.18. The fourth-order valence-electron chi connectivity index (χ4n) is 1.30. The van der Waals surface area contributed by atoms with Crippen LogP contribution in [0.4, 0.5) is 5.82 Å². The molecule has 96 valence electrons. The maximum atomic E-state index is 12.1. The number of hydrazine groups is 1. The standard InChI is InChI=1S/C9H16N4O3S/c1-7(14)6-13(2)17(15,16)8-3-4-11-9(5-8)12-10/h3-5,7,14H,6,10H2,1-2H3,(H,11,12). The first kappa shape index (κ1) is 13.8. The molecule has 0 spiro atoms. The first-order valence-corrected chi connectivity index (χ1v) is 6.39. The van der Waals surface area contributed by atoms with E-state index in [4.69, 9.17) is 5.84 Å². The van der Waals surface area contributed by atoms with Crippen molar-refractivity contribution in [3.05, 3.63) is 18.3 Å². The number of anilines is 1. The topological polar surface area (TPSA) is 109 Å². The van der Waals surface area contributed by atoms with Gasteiger partial charge in [0.25, 0.3) is 0 Å². The Morgan fingerprint density at radius 1 is 1.65 bits per heavy atom. The molecule has 1 atom stereocenters. The van der Waals surface area contributed by atoms with Crippen LogP contribution >= 0.6 is 0 Å². The summed E-state index contributed by atoms with van der Waals surface area (Å²) in [5, 5.41) is 9.18. The van der Waals surface area contributed by atoms with E-state index in [-0.39, 0.29) is 17.3 Å². The Balaban J connectivity index is 3.04. The van der Waals surface area contributed by atoms with Gasteiger partial charge in [-0.3, -0.25) is 0 Å². The zero-order valence-corrected chi connectivity index (χ0v) is 10.5. The summed E-state index contributed by atoms with van der Waals surface area (Å²) in [5.74, 6) is 5.42. The van der Waals surface area contributed by atoms with Crippen molar-refractivity contribution in [1.29, 1.82) is 0 Å². The molecule has 4 N–H and O–H groups in total. The Morgan fingerprint density at radius 2 is 2.29 bits per heavy atom. The Bertz CT molecular complexity index is 475. The van der Waals surface area contributed by atoms with Gasteiger partial charge in [-0.1, -0.05) is 0 Å². The summed E-state index contributed by atoms with van der Waals surface area (Å²) < 4.78 is 25.2. The molecule has 17 heavy (non-hydrogen) atoms. The van der Waals surface area contributed by atoms with E-state index in [2.05, 4.69) is 10.4 Å². The molecule has 0 aromatic carbocycles. The highest BCUT2D eigenvalue weighted by Gasteiger charge is 2.22. The van der Waals surface area contributed by atoms with Crippen molar-refractivity contribution >= 4 is 15.8 Å². The highest BCUT2D eigenvalue weighted by atomic mass is 32.2. The normalized spacial score (nSPS) is 13.7. The Morgan fingerprint density at radius 3 is 2.82 bits per heavy atom. The van der Waals surface area contributed by atoms with E-state index in [1.165, 1.54) is 32.3 Å². The zero-order chi connectivity index (χ0) is 13.1. The molecule has 1 rings (SSSR count). The van der Waals surface area contributed by atoms with Gasteiger partial charge in [-0.15, -0.1) is 0 Å². The van der Waals surface area contributed by atoms with Gasteiger partial charge in [0.15, 0.2) is 0 Å². The maximum Gasteiger partial charge on any atom is 0.243 e. The van der Waals surface area contributed by atoms with Crippen LogP contribution in [0.15, 0.2) is 23.2 Å². The molecular weight excluding hydrogens is 244 g/mol. The predicted octanol–water partition coefficient (Wildman–Crippen LogP) is -0.631. The summed E-state index contributed by atoms with van der Waals surface area (Å²) in [6.07, 6.45) is 0.613. The number of aliphatic hydroxyl groups excluding tert-OH is 1. The number of nitrogens with two attached hydrogens (primary N) is 1. The minimum Gasteiger partial charge on any atom is -0.392 e. The zero-order valence-electron chi connectivity index (χ0n) is 9.66. The minimum atomic E-state index is -3.63. The maximum absolute atomic E-state index is 12.1. The molecule has 0 aliphatic rings. The molecule has 7 nitrogen and oxygen atoms in total. The number of hydrogen-bond acceptors (Lipinski definition) is 6. The van der Waals surface area contributed by atoms with Crippen LogP contribution < -0.4 is 11.3 Å². The molecule has 1 aromatic rings. The number of nitrogen functional groups attached to an aromatic ring is 1. The van der Waals surface area contributed by atoms with E-state index >= 15 is 0 Å². The van der Waals surface area contributed by atoms with E-state index in [1.807, 2.05) is 0 Å². The van der Waals surface area contributed by atoms with Crippen LogP contribution in [0, 0.1) is 0 Å². The van der Waals surface area contributed by atoms with Gasteiger partial charge in [-0.2, -0.15) is 4.31 Å². The van der Waals surface area contributed by atoms with Crippen molar-refractivity contribution < 1.29 is 13.5 Å². The highest BCUT2D eigenvalue weighted by Crippen LogP contribution is 2.16. The highest BCUT2D eigenvalue weighted by molar-refractivity contribution is 7.89. The lowest BCUT2D eigenvalue weighted by atomic mass is 10.4. The molecule has 0 radical (unpaired) electrons. The summed E-state index contributed by atoms with van der Waals surface area (Å²) >= 11 is 0. The largest absolute Gasteiger partial charge is 0.392 e. The molecule has 0 aliphatic heterocycles. The number of pyridine rings is 1. The van der Waals surface area contributed by atoms with Gasteiger partial charge in [-0.25, -0.2) is 19.2 Å². The number of sulfonamides is 1. The van der Waals surface area contributed by atoms with Crippen molar-refractivity contribution in [2.24, 2.45) is 5.84 Å². The van der Waals surface area contributed by atoms with E-state index in [0.29, 0.717) is 0 Å². The Labute approximate surface area is 100 Å². The van der Waals surface area contributed by atoms with Crippen LogP contribution in [0.25, 0.3) is 0 Å². The van der Waals surface area contributed by atoms with Crippen LogP contribution in [0.1, 0.15) is 6.92 Å². The summed E-state index contributed by atoms with van der Waals surface area (Å²) in [6.45, 7) is 1.54. The molecular formula is C9H16N4O3S. The number of nitrogens with zero attached hydrogens (tertiary/aromatic N) is 2. The second-order valence-corrected chi connectivity index (χ2v) is 5.70. The fraction of sp³-hybridized carbons (Fsp3) is 0.444. The van der Waals surface area contributed by atoms with Gasteiger partial charge in [0.1, 0.15) is 5.82 Å². The molecule has 1 unspecified atom stereocenters. The van der Waals surface area contributed by atoms with E-state index < -0.39 is 16.1 Å². The van der Waals surface area contributed by atoms with Crippen LogP contribution in [0.5, 0.6) is 0 Å². The third kappa shape index (κ3) is 3.37. The number of likely N-dealkylation sites (N-methyl/N-ethyl adjacent to an activating group) is 1. The number of aliphatic hydroxyl groups is 1. The third-order valence-electron chi connectivity index (χ3n) is 2.11. The summed E-state index contributed by atoms with van der Waals surface area (Å²) in [7, 11) is -2.23. The van der Waals surface area contributed by atoms with Crippen LogP contribution in [-0.4, -0.2) is 42.5 Å². The number of rotatable bonds is 5. The average Bonchev–Trinajstić information content (AvgIpc) is 2.28. The number of aromatic nitrogens is 1. The first-order chi connectivity index (χ1) is 7.87. The van der Waals surface area contributed by atoms with Gasteiger partial charge in [0.2, 0.25) is 10.0 Å². The van der Waals surface area contributed by atoms with Crippen LogP contribution in [0.2, 0.25) is 0 Å². The van der Waals surface area contributed by atoms with Crippen molar-refractivity contribution in [3.63, 3.8) is 0 Å². The molecule has 0 aliphatic carbocycles. The fourth-order valence-corrected chi connectivity index (χ4v) is 2.57. The van der Waals surface area contributed by atoms with Gasteiger partial charge in [0.05, 0.1) is 11.0 Å². The molecule has 8 heteroatoms. The summed E-state index contributed by atoms with van der Waals surface area (Å²) in [5.41, 5.74) is 2.28. The average molecular weight is 260 g/mol. The van der Waals surface area contributed by atoms with Crippen molar-refractivity contribution in [2.45, 2.75) is 17.9 Å². The van der Waals surface area contributed by atoms with Crippen LogP contribution in [0.3, 0.4) is 0 Å². The first-order valence-electron chi connectivity index (χ1n) is 4.95. The predicted molar refractivity (Wildman–Crippen MR) is 63.5 cm³/mol. The van der Waals surface area contributed by atoms with Gasteiger partial charge in [0, 0.05) is 25.9 Å². The molecule has 0 saturated carbocycles. The number of hydrogen-bond donors (Lipinski definition) is 3. The molecule has 0 saturated heterocycles. The molecule has 1 heterocycles. The van der Waals surface area contributed by atoms with Crippen LogP contribution in [-0.2, 0) is 10.0 Å². The molecule has 0 bridgehead atoms. The molecule has 1 aromatic heterocycles. The van der Waals surface area contributed by atoms with Gasteiger partial charge >= 0.3 is 0 Å². The summed E-state index contributed by atoms with van der Waals surface area (Å²) in [4.78, 5) is 3.90. The van der Waals surface area contributed by atoms with Gasteiger partial charge in [-0.05, 0) is 13.0 Å². The second kappa shape index (κ2) is 5.41. The van der Waals surface area contributed by atoms with E-state index in [9.17, 15) is 13.5 Å². The lowest BCUT2D eigenvalue weighted by molar-refractivity contribution is 0.171. The van der Waals surface area contributed by atoms with E-state index in [0.717, 1.165) is 4.31 Å². The van der Waals surface area contributed by atoms with Crippen molar-refractivity contribution in [2.75, 3.05) is 19.0 Å². The summed E-state index contributed by atoms with van der Waals surface area (Å²) in [6, 6.07) is 2.70. The van der Waals surface area contributed by atoms with Gasteiger partial charge < -0.3 is 10.5 Å². The Hall–Kier alpha value is -1.22. The second-order valence-electron chi connectivity index (χ2n) is 3.66. The minimum absolute atomic E-state index is 0.0239. The van der Waals surface area contributed by atoms with Crippen molar-refractivity contribution in [3.8, 4) is 0 Å². The number of nitrogens with one attached hydrogen (secondary N) is 1. The quantitative estimate of drug-likeness (QED) is 0.480.